The molecule has 5 heteroatoms. The Balaban J connectivity index is 2.93. The zero-order valence-electron chi connectivity index (χ0n) is 9.83. The van der Waals surface area contributed by atoms with E-state index >= 15 is 0 Å². The molecule has 1 heterocycles. The number of anilines is 1. The van der Waals surface area contributed by atoms with Gasteiger partial charge in [-0.3, -0.25) is 9.78 Å². The molecule has 0 saturated heterocycles. The third-order valence-corrected chi connectivity index (χ3v) is 3.51. The molecule has 0 fully saturated rings. The van der Waals surface area contributed by atoms with Crippen LogP contribution in [0, 0.1) is 16.7 Å². The number of nitrogens with zero attached hydrogens (tertiary/aromatic N) is 2. The number of hydrogen-bond acceptors (Lipinski definition) is 3. The Morgan fingerprint density at radius 3 is 2.71 bits per heavy atom. The molecule has 0 aromatic carbocycles. The van der Waals surface area contributed by atoms with Crippen LogP contribution in [0.15, 0.2) is 22.9 Å². The average Bonchev–Trinajstić information content (AvgIpc) is 2.35. The summed E-state index contributed by atoms with van der Waals surface area (Å²) < 4.78 is 0.701. The lowest BCUT2D eigenvalue weighted by atomic mass is 9.83. The topological polar surface area (TPSA) is 65.8 Å². The Bertz CT molecular complexity index is 449. The van der Waals surface area contributed by atoms with E-state index in [1.54, 1.807) is 18.5 Å². The van der Waals surface area contributed by atoms with E-state index in [9.17, 15) is 4.79 Å². The number of carbonyl (C=O) groups excluding carboxylic acids is 1. The van der Waals surface area contributed by atoms with Crippen LogP contribution in [0.1, 0.15) is 26.7 Å². The van der Waals surface area contributed by atoms with Crippen LogP contribution in [0.2, 0.25) is 0 Å². The SMILES string of the molecule is CCC(C#N)(CC)C(=O)Nc1ccncc1Br. The van der Waals surface area contributed by atoms with Crippen molar-refractivity contribution >= 4 is 27.5 Å². The van der Waals surface area contributed by atoms with Crippen LogP contribution >= 0.6 is 15.9 Å². The first kappa shape index (κ1) is 13.7. The molecule has 0 radical (unpaired) electrons. The van der Waals surface area contributed by atoms with E-state index in [-0.39, 0.29) is 5.91 Å². The van der Waals surface area contributed by atoms with E-state index in [1.807, 2.05) is 13.8 Å². The number of nitrogens with one attached hydrogen (secondary N) is 1. The number of halogens is 1. The summed E-state index contributed by atoms with van der Waals surface area (Å²) in [6, 6.07) is 3.80. The van der Waals surface area contributed by atoms with E-state index in [1.165, 1.54) is 0 Å². The molecule has 0 bridgehead atoms. The van der Waals surface area contributed by atoms with E-state index in [0.717, 1.165) is 0 Å². The van der Waals surface area contributed by atoms with E-state index in [0.29, 0.717) is 23.0 Å². The molecule has 1 amide bonds. The van der Waals surface area contributed by atoms with Crippen molar-refractivity contribution < 1.29 is 4.79 Å². The Kier molecular flexibility index (Phi) is 4.64. The number of nitriles is 1. The fourth-order valence-corrected chi connectivity index (χ4v) is 1.85. The quantitative estimate of drug-likeness (QED) is 0.928. The maximum Gasteiger partial charge on any atom is 0.244 e. The normalized spacial score (nSPS) is 10.7. The van der Waals surface area contributed by atoms with E-state index in [2.05, 4.69) is 32.3 Å². The van der Waals surface area contributed by atoms with Gasteiger partial charge in [-0.1, -0.05) is 13.8 Å². The smallest absolute Gasteiger partial charge is 0.244 e. The molecule has 0 atom stereocenters. The van der Waals surface area contributed by atoms with Crippen LogP contribution in [0.25, 0.3) is 0 Å². The Morgan fingerprint density at radius 1 is 1.59 bits per heavy atom. The molecule has 1 aromatic heterocycles. The Hall–Kier alpha value is -1.41. The van der Waals surface area contributed by atoms with Crippen LogP contribution in [-0.2, 0) is 4.79 Å². The van der Waals surface area contributed by atoms with Gasteiger partial charge in [0.15, 0.2) is 0 Å². The molecule has 0 aliphatic carbocycles. The van der Waals surface area contributed by atoms with Gasteiger partial charge in [-0.2, -0.15) is 5.26 Å². The van der Waals surface area contributed by atoms with Gasteiger partial charge >= 0.3 is 0 Å². The first-order valence-corrected chi connectivity index (χ1v) is 6.21. The summed E-state index contributed by atoms with van der Waals surface area (Å²) >= 11 is 3.30. The highest BCUT2D eigenvalue weighted by Crippen LogP contribution is 2.29. The molecular formula is C12H14BrN3O. The number of amides is 1. The second-order valence-electron chi connectivity index (χ2n) is 3.71. The standard InChI is InChI=1S/C12H14BrN3O/c1-3-12(4-2,8-14)11(17)16-10-5-6-15-7-9(10)13/h5-7H,3-4H2,1-2H3,(H,15,16,17). The minimum Gasteiger partial charge on any atom is -0.324 e. The molecule has 0 aliphatic heterocycles. The average molecular weight is 296 g/mol. The number of pyridine rings is 1. The lowest BCUT2D eigenvalue weighted by Gasteiger charge is -2.22. The van der Waals surface area contributed by atoms with Crippen LogP contribution in [0.4, 0.5) is 5.69 Å². The predicted octanol–water partition coefficient (Wildman–Crippen LogP) is 3.11. The second kappa shape index (κ2) is 5.78. The summed E-state index contributed by atoms with van der Waals surface area (Å²) in [6.45, 7) is 3.68. The molecule has 0 saturated carbocycles. The molecule has 1 aromatic rings. The van der Waals surface area contributed by atoms with Crippen LogP contribution < -0.4 is 5.32 Å². The molecule has 90 valence electrons. The van der Waals surface area contributed by atoms with Crippen molar-refractivity contribution in [2.75, 3.05) is 5.32 Å². The maximum atomic E-state index is 12.1. The summed E-state index contributed by atoms with van der Waals surface area (Å²) in [6.07, 6.45) is 4.18. The molecule has 17 heavy (non-hydrogen) atoms. The summed E-state index contributed by atoms with van der Waals surface area (Å²) in [5.74, 6) is -0.267. The van der Waals surface area contributed by atoms with Gasteiger partial charge in [-0.25, -0.2) is 0 Å². The highest BCUT2D eigenvalue weighted by atomic mass is 79.9. The number of hydrogen-bond donors (Lipinski definition) is 1. The van der Waals surface area contributed by atoms with Gasteiger partial charge in [-0.15, -0.1) is 0 Å². The van der Waals surface area contributed by atoms with Crippen molar-refractivity contribution in [3.8, 4) is 6.07 Å². The van der Waals surface area contributed by atoms with Gasteiger partial charge in [0.2, 0.25) is 5.91 Å². The minimum absolute atomic E-state index is 0.267. The zero-order chi connectivity index (χ0) is 12.9. The largest absolute Gasteiger partial charge is 0.324 e. The number of rotatable bonds is 4. The van der Waals surface area contributed by atoms with E-state index < -0.39 is 5.41 Å². The molecule has 4 nitrogen and oxygen atoms in total. The second-order valence-corrected chi connectivity index (χ2v) is 4.56. The lowest BCUT2D eigenvalue weighted by Crippen LogP contribution is -2.34. The first-order valence-electron chi connectivity index (χ1n) is 5.42. The highest BCUT2D eigenvalue weighted by Gasteiger charge is 2.35. The lowest BCUT2D eigenvalue weighted by molar-refractivity contribution is -0.123. The highest BCUT2D eigenvalue weighted by molar-refractivity contribution is 9.10. The molecule has 0 spiro atoms. The Morgan fingerprint density at radius 2 is 2.24 bits per heavy atom. The third-order valence-electron chi connectivity index (χ3n) is 2.88. The van der Waals surface area contributed by atoms with Crippen molar-refractivity contribution in [2.45, 2.75) is 26.7 Å². The minimum atomic E-state index is -0.956. The van der Waals surface area contributed by atoms with Crippen molar-refractivity contribution in [3.05, 3.63) is 22.9 Å². The van der Waals surface area contributed by atoms with Crippen molar-refractivity contribution in [2.24, 2.45) is 5.41 Å². The van der Waals surface area contributed by atoms with Crippen molar-refractivity contribution in [3.63, 3.8) is 0 Å². The fraction of sp³-hybridized carbons (Fsp3) is 0.417. The summed E-state index contributed by atoms with van der Waals surface area (Å²) in [4.78, 5) is 16.0. The van der Waals surface area contributed by atoms with Crippen LogP contribution in [-0.4, -0.2) is 10.9 Å². The molecule has 0 unspecified atom stereocenters. The predicted molar refractivity (Wildman–Crippen MR) is 69.2 cm³/mol. The Labute approximate surface area is 109 Å². The maximum absolute atomic E-state index is 12.1. The van der Waals surface area contributed by atoms with Crippen LogP contribution in [0.3, 0.4) is 0 Å². The third kappa shape index (κ3) is 2.83. The first-order chi connectivity index (χ1) is 8.09. The van der Waals surface area contributed by atoms with Gasteiger partial charge in [-0.05, 0) is 34.8 Å². The monoisotopic (exact) mass is 295 g/mol. The van der Waals surface area contributed by atoms with Gasteiger partial charge in [0.05, 0.1) is 16.2 Å². The van der Waals surface area contributed by atoms with Gasteiger partial charge < -0.3 is 5.32 Å². The number of carbonyl (C=O) groups is 1. The van der Waals surface area contributed by atoms with Crippen molar-refractivity contribution in [1.82, 2.24) is 4.98 Å². The number of aromatic nitrogens is 1. The fourth-order valence-electron chi connectivity index (χ4n) is 1.50. The molecule has 1 N–H and O–H groups in total. The summed E-state index contributed by atoms with van der Waals surface area (Å²) in [5, 5.41) is 11.9. The van der Waals surface area contributed by atoms with Gasteiger partial charge in [0, 0.05) is 12.4 Å². The van der Waals surface area contributed by atoms with E-state index in [4.69, 9.17) is 5.26 Å². The van der Waals surface area contributed by atoms with Gasteiger partial charge in [0.25, 0.3) is 0 Å². The summed E-state index contributed by atoms with van der Waals surface area (Å²) in [7, 11) is 0. The van der Waals surface area contributed by atoms with Gasteiger partial charge in [0.1, 0.15) is 5.41 Å². The molecule has 1 rings (SSSR count). The molecular weight excluding hydrogens is 282 g/mol. The molecule has 0 aliphatic rings. The summed E-state index contributed by atoms with van der Waals surface area (Å²) in [5.41, 5.74) is -0.325. The van der Waals surface area contributed by atoms with Crippen LogP contribution in [0.5, 0.6) is 0 Å². The zero-order valence-corrected chi connectivity index (χ0v) is 11.4. The van der Waals surface area contributed by atoms with Crippen molar-refractivity contribution in [1.29, 1.82) is 5.26 Å².